The second-order valence-corrected chi connectivity index (χ2v) is 5.11. The molecule has 0 amide bonds. The van der Waals surface area contributed by atoms with Gasteiger partial charge in [-0.15, -0.1) is 0 Å². The molecular formula is C11H11NOSe. The minimum atomic E-state index is 0.376. The van der Waals surface area contributed by atoms with Crippen LogP contribution in [-0.2, 0) is 4.74 Å². The number of methoxy groups -OCH3 is 1. The van der Waals surface area contributed by atoms with Crippen LogP contribution >= 0.6 is 0 Å². The Bertz CT molecular complexity index is 414. The van der Waals surface area contributed by atoms with Crippen molar-refractivity contribution in [2.75, 3.05) is 13.7 Å². The molecule has 0 N–H and O–H groups in total. The van der Waals surface area contributed by atoms with Gasteiger partial charge in [0.1, 0.15) is 0 Å². The molecule has 0 radical (unpaired) electrons. The van der Waals surface area contributed by atoms with Crippen molar-refractivity contribution >= 4 is 30.4 Å². The molecule has 0 atom stereocenters. The van der Waals surface area contributed by atoms with Gasteiger partial charge in [0.25, 0.3) is 0 Å². The zero-order valence-corrected chi connectivity index (χ0v) is 9.65. The number of hydrogen-bond acceptors (Lipinski definition) is 2. The number of rotatable bonds is 3. The Kier molecular flexibility index (Phi) is 3.14. The molecule has 0 saturated heterocycles. The Hall–Kier alpha value is -0.891. The molecule has 0 aliphatic rings. The van der Waals surface area contributed by atoms with E-state index >= 15 is 0 Å². The summed E-state index contributed by atoms with van der Waals surface area (Å²) in [7, 11) is 1.70. The van der Waals surface area contributed by atoms with Gasteiger partial charge in [0.05, 0.1) is 0 Å². The van der Waals surface area contributed by atoms with Crippen LogP contribution < -0.4 is 0 Å². The van der Waals surface area contributed by atoms with Gasteiger partial charge in [0.15, 0.2) is 0 Å². The number of aromatic nitrogens is 1. The molecule has 0 spiro atoms. The van der Waals surface area contributed by atoms with Crippen molar-refractivity contribution in [3.05, 3.63) is 34.9 Å². The summed E-state index contributed by atoms with van der Waals surface area (Å²) in [6, 6.07) is 8.31. The van der Waals surface area contributed by atoms with Crippen molar-refractivity contribution < 1.29 is 4.74 Å². The van der Waals surface area contributed by atoms with Gasteiger partial charge in [0.2, 0.25) is 0 Å². The van der Waals surface area contributed by atoms with Crippen LogP contribution in [0.3, 0.4) is 0 Å². The normalized spacial score (nSPS) is 11.5. The van der Waals surface area contributed by atoms with E-state index in [1.807, 2.05) is 12.1 Å². The van der Waals surface area contributed by atoms with Crippen LogP contribution in [0.25, 0.3) is 15.9 Å². The third-order valence-corrected chi connectivity index (χ3v) is 3.94. The van der Waals surface area contributed by atoms with E-state index in [4.69, 9.17) is 4.74 Å². The van der Waals surface area contributed by atoms with Crippen molar-refractivity contribution in [1.29, 1.82) is 0 Å². The average Bonchev–Trinajstić information content (AvgIpc) is 2.60. The molecule has 2 nitrogen and oxygen atoms in total. The number of fused-ring (bicyclic) bond motifs is 1. The monoisotopic (exact) mass is 253 g/mol. The summed E-state index contributed by atoms with van der Waals surface area (Å²) in [6.07, 6.45) is 4.07. The van der Waals surface area contributed by atoms with Crippen LogP contribution in [0.1, 0.15) is 4.57 Å². The summed E-state index contributed by atoms with van der Waals surface area (Å²) in [5, 5.41) is 0. The van der Waals surface area contributed by atoms with Crippen LogP contribution in [0.5, 0.6) is 0 Å². The Morgan fingerprint density at radius 3 is 3.07 bits per heavy atom. The van der Waals surface area contributed by atoms with E-state index in [0.29, 0.717) is 21.1 Å². The van der Waals surface area contributed by atoms with Crippen LogP contribution in [0.15, 0.2) is 30.3 Å². The standard InChI is InChI=1S/C11H11NOSe/c1-13-8-4-7-11-12-9-5-2-3-6-10(9)14-11/h2-7H,8H2,1H3. The molecule has 3 heteroatoms. The van der Waals surface area contributed by atoms with E-state index in [2.05, 4.69) is 29.3 Å². The Morgan fingerprint density at radius 1 is 1.43 bits per heavy atom. The molecule has 2 aromatic rings. The summed E-state index contributed by atoms with van der Waals surface area (Å²) in [5.41, 5.74) is 1.13. The van der Waals surface area contributed by atoms with Gasteiger partial charge in [-0.1, -0.05) is 0 Å². The topological polar surface area (TPSA) is 22.1 Å². The molecular weight excluding hydrogens is 241 g/mol. The Labute approximate surface area is 89.0 Å². The second kappa shape index (κ2) is 4.56. The summed E-state index contributed by atoms with van der Waals surface area (Å²) in [4.78, 5) is 4.53. The van der Waals surface area contributed by atoms with Crippen molar-refractivity contribution in [1.82, 2.24) is 4.98 Å². The fourth-order valence-electron chi connectivity index (χ4n) is 1.21. The molecule has 1 aromatic carbocycles. The minimum absolute atomic E-state index is 0.376. The summed E-state index contributed by atoms with van der Waals surface area (Å²) in [6.45, 7) is 0.658. The molecule has 2 rings (SSSR count). The zero-order chi connectivity index (χ0) is 9.80. The maximum absolute atomic E-state index is 4.94. The number of hydrogen-bond donors (Lipinski definition) is 0. The molecule has 1 aromatic heterocycles. The Balaban J connectivity index is 2.27. The number of benzene rings is 1. The van der Waals surface area contributed by atoms with E-state index in [1.54, 1.807) is 7.11 Å². The van der Waals surface area contributed by atoms with Crippen molar-refractivity contribution in [2.24, 2.45) is 0 Å². The van der Waals surface area contributed by atoms with Crippen LogP contribution in [0.2, 0.25) is 0 Å². The predicted octanol–water partition coefficient (Wildman–Crippen LogP) is 1.95. The van der Waals surface area contributed by atoms with E-state index in [0.717, 1.165) is 5.52 Å². The molecule has 0 fully saturated rings. The second-order valence-electron chi connectivity index (χ2n) is 2.88. The SMILES string of the molecule is COCC=Cc1nc2ccccc2[se]1. The van der Waals surface area contributed by atoms with E-state index in [1.165, 1.54) is 8.83 Å². The fraction of sp³-hybridized carbons (Fsp3) is 0.182. The van der Waals surface area contributed by atoms with E-state index in [9.17, 15) is 0 Å². The molecule has 0 unspecified atom stereocenters. The van der Waals surface area contributed by atoms with Gasteiger partial charge < -0.3 is 0 Å². The molecule has 0 aliphatic heterocycles. The Morgan fingerprint density at radius 2 is 2.29 bits per heavy atom. The van der Waals surface area contributed by atoms with Crippen LogP contribution in [0, 0.1) is 0 Å². The third kappa shape index (κ3) is 2.13. The first-order chi connectivity index (χ1) is 6.90. The number of nitrogens with zero attached hydrogens (tertiary/aromatic N) is 1. The van der Waals surface area contributed by atoms with Crippen LogP contribution in [-0.4, -0.2) is 33.2 Å². The third-order valence-electron chi connectivity index (χ3n) is 1.83. The van der Waals surface area contributed by atoms with E-state index in [-0.39, 0.29) is 0 Å². The van der Waals surface area contributed by atoms with Crippen molar-refractivity contribution in [3.8, 4) is 0 Å². The maximum atomic E-state index is 4.94. The average molecular weight is 252 g/mol. The summed E-state index contributed by atoms with van der Waals surface area (Å²) < 4.78 is 7.49. The first kappa shape index (κ1) is 9.66. The van der Waals surface area contributed by atoms with Gasteiger partial charge in [-0.25, -0.2) is 0 Å². The van der Waals surface area contributed by atoms with Gasteiger partial charge >= 0.3 is 88.7 Å². The molecule has 0 saturated carbocycles. The predicted molar refractivity (Wildman–Crippen MR) is 59.6 cm³/mol. The van der Waals surface area contributed by atoms with Gasteiger partial charge in [0, 0.05) is 0 Å². The molecule has 1 heterocycles. The summed E-state index contributed by atoms with van der Waals surface area (Å²) >= 11 is 0.376. The van der Waals surface area contributed by atoms with Gasteiger partial charge in [-0.2, -0.15) is 0 Å². The van der Waals surface area contributed by atoms with Gasteiger partial charge in [-0.05, 0) is 0 Å². The van der Waals surface area contributed by atoms with Crippen molar-refractivity contribution in [2.45, 2.75) is 0 Å². The van der Waals surface area contributed by atoms with Gasteiger partial charge in [-0.3, -0.25) is 0 Å². The van der Waals surface area contributed by atoms with Crippen LogP contribution in [0.4, 0.5) is 0 Å². The first-order valence-electron chi connectivity index (χ1n) is 4.41. The zero-order valence-electron chi connectivity index (χ0n) is 7.93. The number of ether oxygens (including phenoxy) is 1. The van der Waals surface area contributed by atoms with E-state index < -0.39 is 0 Å². The number of para-hydroxylation sites is 1. The molecule has 0 bridgehead atoms. The molecule has 14 heavy (non-hydrogen) atoms. The fourth-order valence-corrected chi connectivity index (χ4v) is 3.09. The first-order valence-corrected chi connectivity index (χ1v) is 6.12. The molecule has 72 valence electrons. The summed E-state index contributed by atoms with van der Waals surface area (Å²) in [5.74, 6) is 0. The quantitative estimate of drug-likeness (QED) is 0.779. The van der Waals surface area contributed by atoms with Crippen molar-refractivity contribution in [3.63, 3.8) is 0 Å². The molecule has 0 aliphatic carbocycles.